The van der Waals surface area contributed by atoms with Crippen LogP contribution in [-0.4, -0.2) is 30.6 Å². The van der Waals surface area contributed by atoms with Gasteiger partial charge in [-0.3, -0.25) is 0 Å². The number of likely N-dealkylation sites (tertiary alicyclic amines) is 1. The van der Waals surface area contributed by atoms with Gasteiger partial charge in [-0.25, -0.2) is 4.79 Å². The van der Waals surface area contributed by atoms with E-state index in [0.717, 1.165) is 44.6 Å². The molecule has 0 atom stereocenters. The van der Waals surface area contributed by atoms with Crippen molar-refractivity contribution in [3.8, 4) is 0 Å². The van der Waals surface area contributed by atoms with E-state index in [2.05, 4.69) is 5.32 Å². The maximum atomic E-state index is 12.1. The van der Waals surface area contributed by atoms with Crippen LogP contribution in [0.2, 0.25) is 0 Å². The number of amides is 2. The van der Waals surface area contributed by atoms with Crippen molar-refractivity contribution in [2.24, 2.45) is 11.7 Å². The third-order valence-electron chi connectivity index (χ3n) is 3.78. The van der Waals surface area contributed by atoms with E-state index in [9.17, 15) is 4.79 Å². The Hall–Kier alpha value is -1.55. The molecule has 4 nitrogen and oxygen atoms in total. The molecule has 0 radical (unpaired) electrons. The standard InChI is InChI=1S/C15H23N3O/c1-12-2-4-14(5-3-12)17-15(19)18-10-7-13(6-9-16)8-11-18/h2-5,13H,6-11,16H2,1H3,(H,17,19). The van der Waals surface area contributed by atoms with Gasteiger partial charge >= 0.3 is 6.03 Å². The first-order chi connectivity index (χ1) is 9.19. The second kappa shape index (κ2) is 6.57. The molecular weight excluding hydrogens is 238 g/mol. The van der Waals surface area contributed by atoms with Crippen LogP contribution in [0.25, 0.3) is 0 Å². The number of aryl methyl sites for hydroxylation is 1. The number of rotatable bonds is 3. The van der Waals surface area contributed by atoms with Crippen LogP contribution in [0.1, 0.15) is 24.8 Å². The predicted molar refractivity (Wildman–Crippen MR) is 78.2 cm³/mol. The van der Waals surface area contributed by atoms with Gasteiger partial charge in [0.1, 0.15) is 0 Å². The highest BCUT2D eigenvalue weighted by molar-refractivity contribution is 5.89. The molecule has 2 amide bonds. The molecule has 3 N–H and O–H groups in total. The van der Waals surface area contributed by atoms with Gasteiger partial charge in [0.15, 0.2) is 0 Å². The summed E-state index contributed by atoms with van der Waals surface area (Å²) in [7, 11) is 0. The van der Waals surface area contributed by atoms with Gasteiger partial charge in [-0.15, -0.1) is 0 Å². The normalized spacial score (nSPS) is 16.4. The molecule has 0 unspecified atom stereocenters. The Morgan fingerprint density at radius 2 is 1.95 bits per heavy atom. The van der Waals surface area contributed by atoms with Crippen molar-refractivity contribution >= 4 is 11.7 Å². The van der Waals surface area contributed by atoms with Crippen molar-refractivity contribution in [2.45, 2.75) is 26.2 Å². The number of hydrogen-bond donors (Lipinski definition) is 2. The number of piperidine rings is 1. The SMILES string of the molecule is Cc1ccc(NC(=O)N2CCC(CCN)CC2)cc1. The number of nitrogens with one attached hydrogen (secondary N) is 1. The number of carbonyl (C=O) groups excluding carboxylic acids is 1. The summed E-state index contributed by atoms with van der Waals surface area (Å²) >= 11 is 0. The average Bonchev–Trinajstić information content (AvgIpc) is 2.42. The molecular formula is C15H23N3O. The van der Waals surface area contributed by atoms with E-state index >= 15 is 0 Å². The summed E-state index contributed by atoms with van der Waals surface area (Å²) in [5, 5.41) is 2.95. The smallest absolute Gasteiger partial charge is 0.321 e. The zero-order valence-corrected chi connectivity index (χ0v) is 11.6. The van der Waals surface area contributed by atoms with Gasteiger partial charge in [-0.1, -0.05) is 17.7 Å². The van der Waals surface area contributed by atoms with E-state index in [1.54, 1.807) is 0 Å². The topological polar surface area (TPSA) is 58.4 Å². The van der Waals surface area contributed by atoms with Crippen LogP contribution in [-0.2, 0) is 0 Å². The summed E-state index contributed by atoms with van der Waals surface area (Å²) in [4.78, 5) is 14.0. The van der Waals surface area contributed by atoms with Crippen LogP contribution < -0.4 is 11.1 Å². The minimum absolute atomic E-state index is 0.00931. The molecule has 0 bridgehead atoms. The summed E-state index contributed by atoms with van der Waals surface area (Å²) in [5.74, 6) is 0.688. The lowest BCUT2D eigenvalue weighted by molar-refractivity contribution is 0.180. The maximum Gasteiger partial charge on any atom is 0.321 e. The number of nitrogens with two attached hydrogens (primary N) is 1. The van der Waals surface area contributed by atoms with Gasteiger partial charge in [0.2, 0.25) is 0 Å². The first-order valence-electron chi connectivity index (χ1n) is 7.01. The van der Waals surface area contributed by atoms with Crippen LogP contribution in [0.4, 0.5) is 10.5 Å². The average molecular weight is 261 g/mol. The van der Waals surface area contributed by atoms with Crippen molar-refractivity contribution < 1.29 is 4.79 Å². The molecule has 0 aliphatic carbocycles. The van der Waals surface area contributed by atoms with Gasteiger partial charge in [0, 0.05) is 18.8 Å². The number of hydrogen-bond acceptors (Lipinski definition) is 2. The fraction of sp³-hybridized carbons (Fsp3) is 0.533. The predicted octanol–water partition coefficient (Wildman–Crippen LogP) is 2.59. The summed E-state index contributed by atoms with van der Waals surface area (Å²) < 4.78 is 0. The molecule has 1 saturated heterocycles. The molecule has 104 valence electrons. The fourth-order valence-corrected chi connectivity index (χ4v) is 2.50. The van der Waals surface area contributed by atoms with Crippen molar-refractivity contribution in [1.82, 2.24) is 4.90 Å². The molecule has 0 aromatic heterocycles. The fourth-order valence-electron chi connectivity index (χ4n) is 2.50. The van der Waals surface area contributed by atoms with Gasteiger partial charge < -0.3 is 16.0 Å². The van der Waals surface area contributed by atoms with Gasteiger partial charge in [-0.2, -0.15) is 0 Å². The maximum absolute atomic E-state index is 12.1. The van der Waals surface area contributed by atoms with E-state index in [0.29, 0.717) is 5.92 Å². The molecule has 1 aliphatic heterocycles. The highest BCUT2D eigenvalue weighted by atomic mass is 16.2. The van der Waals surface area contributed by atoms with E-state index in [1.165, 1.54) is 5.56 Å². The van der Waals surface area contributed by atoms with E-state index < -0.39 is 0 Å². The second-order valence-corrected chi connectivity index (χ2v) is 5.30. The van der Waals surface area contributed by atoms with E-state index in [-0.39, 0.29) is 6.03 Å². The monoisotopic (exact) mass is 261 g/mol. The number of carbonyl (C=O) groups is 1. The molecule has 1 aromatic rings. The zero-order valence-electron chi connectivity index (χ0n) is 11.6. The third kappa shape index (κ3) is 3.96. The van der Waals surface area contributed by atoms with Crippen LogP contribution in [0.5, 0.6) is 0 Å². The molecule has 1 aliphatic rings. The van der Waals surface area contributed by atoms with Gasteiger partial charge in [-0.05, 0) is 50.8 Å². The highest BCUT2D eigenvalue weighted by Crippen LogP contribution is 2.20. The van der Waals surface area contributed by atoms with Crippen LogP contribution >= 0.6 is 0 Å². The minimum Gasteiger partial charge on any atom is -0.330 e. The van der Waals surface area contributed by atoms with Crippen LogP contribution in [0.15, 0.2) is 24.3 Å². The Morgan fingerprint density at radius 3 is 2.53 bits per heavy atom. The second-order valence-electron chi connectivity index (χ2n) is 5.30. The molecule has 0 spiro atoms. The molecule has 1 aromatic carbocycles. The third-order valence-corrected chi connectivity index (χ3v) is 3.78. The summed E-state index contributed by atoms with van der Waals surface area (Å²) in [6.07, 6.45) is 3.21. The van der Waals surface area contributed by atoms with Crippen molar-refractivity contribution in [2.75, 3.05) is 25.0 Å². The van der Waals surface area contributed by atoms with E-state index in [4.69, 9.17) is 5.73 Å². The van der Waals surface area contributed by atoms with Gasteiger partial charge in [0.05, 0.1) is 0 Å². The Labute approximate surface area is 115 Å². The first kappa shape index (κ1) is 13.9. The Kier molecular flexibility index (Phi) is 4.80. The quantitative estimate of drug-likeness (QED) is 0.878. The molecule has 2 rings (SSSR count). The number of benzene rings is 1. The molecule has 4 heteroatoms. The Morgan fingerprint density at radius 1 is 1.32 bits per heavy atom. The number of anilines is 1. The first-order valence-corrected chi connectivity index (χ1v) is 7.01. The van der Waals surface area contributed by atoms with Crippen LogP contribution in [0.3, 0.4) is 0 Å². The molecule has 1 fully saturated rings. The highest BCUT2D eigenvalue weighted by Gasteiger charge is 2.22. The van der Waals surface area contributed by atoms with E-state index in [1.807, 2.05) is 36.1 Å². The molecule has 1 heterocycles. The number of urea groups is 1. The molecule has 19 heavy (non-hydrogen) atoms. The Balaban J connectivity index is 1.83. The molecule has 0 saturated carbocycles. The number of nitrogens with zero attached hydrogens (tertiary/aromatic N) is 1. The van der Waals surface area contributed by atoms with Crippen molar-refractivity contribution in [3.63, 3.8) is 0 Å². The summed E-state index contributed by atoms with van der Waals surface area (Å²) in [6.45, 7) is 4.46. The Bertz CT molecular complexity index is 408. The largest absolute Gasteiger partial charge is 0.330 e. The van der Waals surface area contributed by atoms with Gasteiger partial charge in [0.25, 0.3) is 0 Å². The summed E-state index contributed by atoms with van der Waals surface area (Å²) in [5.41, 5.74) is 7.63. The lowest BCUT2D eigenvalue weighted by Crippen LogP contribution is -2.41. The van der Waals surface area contributed by atoms with Crippen LogP contribution in [0, 0.1) is 12.8 Å². The minimum atomic E-state index is 0.00931. The lowest BCUT2D eigenvalue weighted by atomic mass is 9.94. The zero-order chi connectivity index (χ0) is 13.7. The van der Waals surface area contributed by atoms with Crippen molar-refractivity contribution in [1.29, 1.82) is 0 Å². The van der Waals surface area contributed by atoms with Crippen molar-refractivity contribution in [3.05, 3.63) is 29.8 Å². The lowest BCUT2D eigenvalue weighted by Gasteiger charge is -2.31. The summed E-state index contributed by atoms with van der Waals surface area (Å²) in [6, 6.07) is 7.89.